The van der Waals surface area contributed by atoms with E-state index in [1.807, 2.05) is 0 Å². The van der Waals surface area contributed by atoms with E-state index in [2.05, 4.69) is 15.5 Å². The Morgan fingerprint density at radius 1 is 1.12 bits per heavy atom. The van der Waals surface area contributed by atoms with Gasteiger partial charge in [-0.2, -0.15) is 9.40 Å². The first-order valence-corrected chi connectivity index (χ1v) is 12.3. The maximum atomic E-state index is 12.6. The van der Waals surface area contributed by atoms with E-state index in [1.165, 1.54) is 4.31 Å². The van der Waals surface area contributed by atoms with Crippen LogP contribution in [0, 0.1) is 4.77 Å². The number of nitrogens with one attached hydrogen (secondary N) is 2. The number of halogens is 1. The van der Waals surface area contributed by atoms with Crippen LogP contribution in [0.25, 0.3) is 11.4 Å². The van der Waals surface area contributed by atoms with Crippen LogP contribution in [0.3, 0.4) is 0 Å². The third kappa shape index (κ3) is 5.44. The van der Waals surface area contributed by atoms with Gasteiger partial charge in [-0.05, 0) is 54.2 Å². The summed E-state index contributed by atoms with van der Waals surface area (Å²) in [4.78, 5) is 12.8. The first kappa shape index (κ1) is 24.1. The highest BCUT2D eigenvalue weighted by atomic mass is 35.5. The van der Waals surface area contributed by atoms with E-state index in [-0.39, 0.29) is 23.9 Å². The number of nitrogens with zero attached hydrogens (tertiary/aromatic N) is 3. The smallest absolute Gasteiger partial charge is 0.243 e. The van der Waals surface area contributed by atoms with Gasteiger partial charge in [0.05, 0.1) is 4.90 Å². The molecule has 1 aromatic heterocycles. The van der Waals surface area contributed by atoms with Crippen LogP contribution in [0.1, 0.15) is 19.4 Å². The fourth-order valence-electron chi connectivity index (χ4n) is 3.18. The quantitative estimate of drug-likeness (QED) is 0.443. The molecular formula is C21H24ClN5O3S2. The molecule has 0 aliphatic heterocycles. The standard InChI is InChI=1S/C21H24ClN5O3S2/c1-3-26(4-2)32(29,30)18-11-5-15(6-12-18)13-23-19(28)14-27-20(24-25-21(27)31)16-7-9-17(22)10-8-16/h5-12H,3-4,13-14H2,1-2H3,(H,23,28)(H,25,31). The number of carbonyl (C=O) groups is 1. The van der Waals surface area contributed by atoms with E-state index >= 15 is 0 Å². The second-order valence-electron chi connectivity index (χ2n) is 6.96. The predicted octanol–water partition coefficient (Wildman–Crippen LogP) is 3.61. The average Bonchev–Trinajstić information content (AvgIpc) is 3.14. The SMILES string of the molecule is CCN(CC)S(=O)(=O)c1ccc(CNC(=O)Cn2c(-c3ccc(Cl)cc3)n[nH]c2=S)cc1. The minimum absolute atomic E-state index is 0.0122. The summed E-state index contributed by atoms with van der Waals surface area (Å²) in [6, 6.07) is 13.6. The van der Waals surface area contributed by atoms with Gasteiger partial charge in [-0.15, -0.1) is 0 Å². The number of sulfonamides is 1. The third-order valence-corrected chi connectivity index (χ3v) is 7.55. The molecular weight excluding hydrogens is 470 g/mol. The molecule has 2 aromatic carbocycles. The third-order valence-electron chi connectivity index (χ3n) is 4.92. The van der Waals surface area contributed by atoms with Gasteiger partial charge < -0.3 is 5.32 Å². The molecule has 0 unspecified atom stereocenters. The summed E-state index contributed by atoms with van der Waals surface area (Å²) < 4.78 is 28.5. The zero-order valence-corrected chi connectivity index (χ0v) is 20.1. The van der Waals surface area contributed by atoms with Crippen LogP contribution in [0.2, 0.25) is 5.02 Å². The lowest BCUT2D eigenvalue weighted by Gasteiger charge is -2.18. The monoisotopic (exact) mass is 493 g/mol. The lowest BCUT2D eigenvalue weighted by atomic mass is 10.2. The predicted molar refractivity (Wildman–Crippen MR) is 126 cm³/mol. The van der Waals surface area contributed by atoms with Crippen LogP contribution in [-0.2, 0) is 27.9 Å². The van der Waals surface area contributed by atoms with Gasteiger partial charge in [0, 0.05) is 30.2 Å². The molecule has 0 aliphatic rings. The van der Waals surface area contributed by atoms with Crippen molar-refractivity contribution in [1.82, 2.24) is 24.4 Å². The van der Waals surface area contributed by atoms with E-state index in [0.29, 0.717) is 28.7 Å². The minimum Gasteiger partial charge on any atom is -0.350 e. The number of rotatable bonds is 9. The first-order chi connectivity index (χ1) is 15.3. The molecule has 3 aromatic rings. The molecule has 0 atom stereocenters. The Bertz CT molecular complexity index is 1230. The lowest BCUT2D eigenvalue weighted by molar-refractivity contribution is -0.121. The minimum atomic E-state index is -3.51. The van der Waals surface area contributed by atoms with Crippen molar-refractivity contribution < 1.29 is 13.2 Å². The van der Waals surface area contributed by atoms with Gasteiger partial charge in [0.15, 0.2) is 10.6 Å². The largest absolute Gasteiger partial charge is 0.350 e. The maximum Gasteiger partial charge on any atom is 0.243 e. The molecule has 2 N–H and O–H groups in total. The van der Waals surface area contributed by atoms with Crippen molar-refractivity contribution in [2.45, 2.75) is 31.8 Å². The molecule has 1 amide bonds. The lowest BCUT2D eigenvalue weighted by Crippen LogP contribution is -2.30. The van der Waals surface area contributed by atoms with E-state index in [9.17, 15) is 13.2 Å². The molecule has 170 valence electrons. The number of aromatic nitrogens is 3. The summed E-state index contributed by atoms with van der Waals surface area (Å²) in [6.07, 6.45) is 0. The van der Waals surface area contributed by atoms with Crippen molar-refractivity contribution in [2.75, 3.05) is 13.1 Å². The number of hydrogen-bond donors (Lipinski definition) is 2. The summed E-state index contributed by atoms with van der Waals surface area (Å²) in [6.45, 7) is 4.66. The summed E-state index contributed by atoms with van der Waals surface area (Å²) in [5.41, 5.74) is 1.56. The Morgan fingerprint density at radius 3 is 2.34 bits per heavy atom. The molecule has 0 aliphatic carbocycles. The Kier molecular flexibility index (Phi) is 7.83. The zero-order valence-electron chi connectivity index (χ0n) is 17.7. The Morgan fingerprint density at radius 2 is 1.75 bits per heavy atom. The molecule has 0 bridgehead atoms. The van der Waals surface area contributed by atoms with E-state index in [4.69, 9.17) is 23.8 Å². The van der Waals surface area contributed by atoms with E-state index in [1.54, 1.807) is 66.9 Å². The van der Waals surface area contributed by atoms with Crippen LogP contribution < -0.4 is 5.32 Å². The molecule has 0 fully saturated rings. The molecule has 0 saturated carbocycles. The highest BCUT2D eigenvalue weighted by Gasteiger charge is 2.21. The fourth-order valence-corrected chi connectivity index (χ4v) is 4.96. The van der Waals surface area contributed by atoms with Gasteiger partial charge in [0.1, 0.15) is 6.54 Å². The van der Waals surface area contributed by atoms with Crippen molar-refractivity contribution in [3.63, 3.8) is 0 Å². The van der Waals surface area contributed by atoms with Crippen molar-refractivity contribution in [3.05, 3.63) is 63.9 Å². The van der Waals surface area contributed by atoms with E-state index < -0.39 is 10.0 Å². The summed E-state index contributed by atoms with van der Waals surface area (Å²) in [5, 5.41) is 10.3. The van der Waals surface area contributed by atoms with Gasteiger partial charge in [-0.3, -0.25) is 14.5 Å². The van der Waals surface area contributed by atoms with Crippen molar-refractivity contribution in [3.8, 4) is 11.4 Å². The highest BCUT2D eigenvalue weighted by molar-refractivity contribution is 7.89. The second-order valence-corrected chi connectivity index (χ2v) is 9.72. The van der Waals surface area contributed by atoms with Gasteiger partial charge in [0.25, 0.3) is 0 Å². The van der Waals surface area contributed by atoms with E-state index in [0.717, 1.165) is 11.1 Å². The molecule has 32 heavy (non-hydrogen) atoms. The number of benzene rings is 2. The summed E-state index contributed by atoms with van der Waals surface area (Å²) in [5.74, 6) is 0.283. The first-order valence-electron chi connectivity index (χ1n) is 10.0. The Hall–Kier alpha value is -2.53. The van der Waals surface area contributed by atoms with Crippen LogP contribution in [0.4, 0.5) is 0 Å². The van der Waals surface area contributed by atoms with Crippen molar-refractivity contribution in [2.24, 2.45) is 0 Å². The molecule has 0 radical (unpaired) electrons. The molecule has 0 saturated heterocycles. The van der Waals surface area contributed by atoms with Gasteiger partial charge in [-0.1, -0.05) is 37.6 Å². The number of hydrogen-bond acceptors (Lipinski definition) is 5. The average molecular weight is 494 g/mol. The Labute approximate surface area is 197 Å². The zero-order chi connectivity index (χ0) is 23.3. The molecule has 3 rings (SSSR count). The topological polar surface area (TPSA) is 100 Å². The normalized spacial score (nSPS) is 11.6. The number of aromatic amines is 1. The maximum absolute atomic E-state index is 12.6. The van der Waals surface area contributed by atoms with Crippen LogP contribution >= 0.6 is 23.8 Å². The molecule has 11 heteroatoms. The number of amides is 1. The molecule has 1 heterocycles. The Balaban J connectivity index is 1.66. The van der Waals surface area contributed by atoms with Gasteiger partial charge in [-0.25, -0.2) is 8.42 Å². The molecule has 0 spiro atoms. The summed E-state index contributed by atoms with van der Waals surface area (Å²) >= 11 is 11.2. The van der Waals surface area contributed by atoms with Gasteiger partial charge in [0.2, 0.25) is 15.9 Å². The summed E-state index contributed by atoms with van der Waals surface area (Å²) in [7, 11) is -3.51. The number of H-pyrrole nitrogens is 1. The van der Waals surface area contributed by atoms with Crippen LogP contribution in [-0.4, -0.2) is 46.5 Å². The number of carbonyl (C=O) groups excluding carboxylic acids is 1. The second kappa shape index (κ2) is 10.4. The van der Waals surface area contributed by atoms with Crippen molar-refractivity contribution >= 4 is 39.7 Å². The van der Waals surface area contributed by atoms with Gasteiger partial charge >= 0.3 is 0 Å². The highest BCUT2D eigenvalue weighted by Crippen LogP contribution is 2.20. The van der Waals surface area contributed by atoms with Crippen LogP contribution in [0.15, 0.2) is 53.4 Å². The molecule has 8 nitrogen and oxygen atoms in total. The van der Waals surface area contributed by atoms with Crippen molar-refractivity contribution in [1.29, 1.82) is 0 Å². The van der Waals surface area contributed by atoms with Crippen LogP contribution in [0.5, 0.6) is 0 Å². The fraction of sp³-hybridized carbons (Fsp3) is 0.286.